The van der Waals surface area contributed by atoms with Gasteiger partial charge in [-0.2, -0.15) is 5.26 Å². The number of hydrogen-bond donors (Lipinski definition) is 2. The molecule has 2 aromatic carbocycles. The number of rotatable bonds is 6. The molecule has 3 rings (SSSR count). The van der Waals surface area contributed by atoms with Crippen molar-refractivity contribution in [2.24, 2.45) is 0 Å². The third kappa shape index (κ3) is 5.07. The van der Waals surface area contributed by atoms with Gasteiger partial charge in [0.15, 0.2) is 6.19 Å². The van der Waals surface area contributed by atoms with E-state index in [-0.39, 0.29) is 17.5 Å². The Labute approximate surface area is 163 Å². The number of amides is 2. The first-order chi connectivity index (χ1) is 13.5. The van der Waals surface area contributed by atoms with Gasteiger partial charge >= 0.3 is 0 Å². The van der Waals surface area contributed by atoms with Crippen LogP contribution in [0, 0.1) is 17.3 Å². The van der Waals surface area contributed by atoms with Gasteiger partial charge in [0.1, 0.15) is 11.9 Å². The van der Waals surface area contributed by atoms with Crippen LogP contribution < -0.4 is 10.6 Å². The van der Waals surface area contributed by atoms with Crippen molar-refractivity contribution in [3.05, 3.63) is 71.5 Å². The maximum absolute atomic E-state index is 13.1. The Kier molecular flexibility index (Phi) is 6.22. The number of nitrogens with one attached hydrogen (secondary N) is 2. The lowest BCUT2D eigenvalue weighted by Crippen LogP contribution is -2.51. The van der Waals surface area contributed by atoms with E-state index in [4.69, 9.17) is 5.26 Å². The highest BCUT2D eigenvalue weighted by Gasteiger charge is 2.28. The molecule has 0 bridgehead atoms. The second-order valence-corrected chi connectivity index (χ2v) is 6.76. The van der Waals surface area contributed by atoms with Gasteiger partial charge in [-0.25, -0.2) is 4.39 Å². The zero-order valence-electron chi connectivity index (χ0n) is 15.3. The standard InChI is InChI=1S/C21H21FN4O2/c22-17-8-6-16(7-9-17)20(27)25-19(12-15-4-2-1-3-5-15)21(28)24-18-10-11-26(13-18)14-23/h1-9,18-19H,10-13H2,(H,24,28)(H,25,27)/t18-,19+/m1/s1. The van der Waals surface area contributed by atoms with Crippen molar-refractivity contribution in [3.63, 3.8) is 0 Å². The Morgan fingerprint density at radius 1 is 1.18 bits per heavy atom. The molecule has 2 atom stereocenters. The largest absolute Gasteiger partial charge is 0.350 e. The van der Waals surface area contributed by atoms with Crippen LogP contribution in [0.15, 0.2) is 54.6 Å². The summed E-state index contributed by atoms with van der Waals surface area (Å²) in [6, 6.07) is 13.6. The van der Waals surface area contributed by atoms with Crippen molar-refractivity contribution in [1.82, 2.24) is 15.5 Å². The van der Waals surface area contributed by atoms with Gasteiger partial charge in [0, 0.05) is 31.1 Å². The number of halogens is 1. The molecule has 1 aliphatic rings. The van der Waals surface area contributed by atoms with Gasteiger partial charge in [0.05, 0.1) is 0 Å². The van der Waals surface area contributed by atoms with E-state index in [1.807, 2.05) is 30.3 Å². The second-order valence-electron chi connectivity index (χ2n) is 6.76. The number of carbonyl (C=O) groups is 2. The third-order valence-electron chi connectivity index (χ3n) is 4.69. The molecule has 0 aliphatic carbocycles. The van der Waals surface area contributed by atoms with E-state index in [2.05, 4.69) is 16.8 Å². The number of carbonyl (C=O) groups excluding carboxylic acids is 2. The van der Waals surface area contributed by atoms with Gasteiger partial charge in [0.25, 0.3) is 5.91 Å². The lowest BCUT2D eigenvalue weighted by molar-refractivity contribution is -0.123. The van der Waals surface area contributed by atoms with Gasteiger partial charge in [0.2, 0.25) is 5.91 Å². The predicted octanol–water partition coefficient (Wildman–Crippen LogP) is 1.84. The maximum Gasteiger partial charge on any atom is 0.251 e. The summed E-state index contributed by atoms with van der Waals surface area (Å²) in [6.07, 6.45) is 3.09. The molecule has 7 heteroatoms. The Balaban J connectivity index is 1.71. The highest BCUT2D eigenvalue weighted by Crippen LogP contribution is 2.10. The zero-order valence-corrected chi connectivity index (χ0v) is 15.3. The number of benzene rings is 2. The lowest BCUT2D eigenvalue weighted by atomic mass is 10.0. The van der Waals surface area contributed by atoms with Crippen molar-refractivity contribution in [3.8, 4) is 6.19 Å². The molecule has 2 N–H and O–H groups in total. The van der Waals surface area contributed by atoms with E-state index in [1.165, 1.54) is 24.3 Å². The van der Waals surface area contributed by atoms with E-state index in [0.29, 0.717) is 25.9 Å². The summed E-state index contributed by atoms with van der Waals surface area (Å²) in [4.78, 5) is 27.0. The monoisotopic (exact) mass is 380 g/mol. The highest BCUT2D eigenvalue weighted by atomic mass is 19.1. The van der Waals surface area contributed by atoms with Crippen LogP contribution in [0.25, 0.3) is 0 Å². The fourth-order valence-corrected chi connectivity index (χ4v) is 3.17. The van der Waals surface area contributed by atoms with Crippen molar-refractivity contribution in [2.45, 2.75) is 24.9 Å². The molecule has 6 nitrogen and oxygen atoms in total. The minimum absolute atomic E-state index is 0.131. The molecule has 0 spiro atoms. The van der Waals surface area contributed by atoms with Gasteiger partial charge < -0.3 is 15.5 Å². The maximum atomic E-state index is 13.1. The van der Waals surface area contributed by atoms with Crippen molar-refractivity contribution >= 4 is 11.8 Å². The van der Waals surface area contributed by atoms with E-state index in [9.17, 15) is 14.0 Å². The number of likely N-dealkylation sites (tertiary alicyclic amines) is 1. The Morgan fingerprint density at radius 2 is 1.89 bits per heavy atom. The van der Waals surface area contributed by atoms with Crippen LogP contribution in [-0.4, -0.2) is 41.9 Å². The number of hydrogen-bond acceptors (Lipinski definition) is 4. The fraction of sp³-hybridized carbons (Fsp3) is 0.286. The first kappa shape index (κ1) is 19.4. The number of nitrogens with zero attached hydrogens (tertiary/aromatic N) is 2. The summed E-state index contributed by atoms with van der Waals surface area (Å²) in [5.74, 6) is -1.18. The normalized spacial score (nSPS) is 16.9. The van der Waals surface area contributed by atoms with E-state index in [0.717, 1.165) is 5.56 Å². The molecular formula is C21H21FN4O2. The molecule has 1 aliphatic heterocycles. The summed E-state index contributed by atoms with van der Waals surface area (Å²) in [5.41, 5.74) is 1.19. The molecule has 1 heterocycles. The molecule has 0 unspecified atom stereocenters. The molecule has 1 fully saturated rings. The zero-order chi connectivity index (χ0) is 19.9. The molecule has 2 aromatic rings. The minimum Gasteiger partial charge on any atom is -0.350 e. The van der Waals surface area contributed by atoms with Gasteiger partial charge in [-0.15, -0.1) is 0 Å². The first-order valence-corrected chi connectivity index (χ1v) is 9.10. The molecule has 0 radical (unpaired) electrons. The minimum atomic E-state index is -0.781. The molecule has 1 saturated heterocycles. The molecule has 0 saturated carbocycles. The third-order valence-corrected chi connectivity index (χ3v) is 4.69. The molecular weight excluding hydrogens is 359 g/mol. The number of nitriles is 1. The van der Waals surface area contributed by atoms with Gasteiger partial charge in [-0.05, 0) is 36.2 Å². The molecule has 28 heavy (non-hydrogen) atoms. The second kappa shape index (κ2) is 9.00. The predicted molar refractivity (Wildman–Crippen MR) is 102 cm³/mol. The van der Waals surface area contributed by atoms with Crippen molar-refractivity contribution < 1.29 is 14.0 Å². The van der Waals surface area contributed by atoms with E-state index >= 15 is 0 Å². The smallest absolute Gasteiger partial charge is 0.251 e. The van der Waals surface area contributed by atoms with E-state index < -0.39 is 17.8 Å². The average Bonchev–Trinajstić information content (AvgIpc) is 3.16. The molecule has 2 amide bonds. The first-order valence-electron chi connectivity index (χ1n) is 9.10. The Morgan fingerprint density at radius 3 is 2.54 bits per heavy atom. The van der Waals surface area contributed by atoms with Crippen LogP contribution >= 0.6 is 0 Å². The van der Waals surface area contributed by atoms with Crippen LogP contribution in [-0.2, 0) is 11.2 Å². The Hall–Kier alpha value is -3.40. The van der Waals surface area contributed by atoms with Crippen molar-refractivity contribution in [2.75, 3.05) is 13.1 Å². The van der Waals surface area contributed by atoms with Gasteiger partial charge in [-0.1, -0.05) is 30.3 Å². The molecule has 144 valence electrons. The summed E-state index contributed by atoms with van der Waals surface area (Å²) >= 11 is 0. The molecule has 0 aromatic heterocycles. The quantitative estimate of drug-likeness (QED) is 0.749. The van der Waals surface area contributed by atoms with Crippen LogP contribution in [0.3, 0.4) is 0 Å². The summed E-state index contributed by atoms with van der Waals surface area (Å²) in [5, 5.41) is 14.6. The van der Waals surface area contributed by atoms with Crippen LogP contribution in [0.4, 0.5) is 4.39 Å². The van der Waals surface area contributed by atoms with Crippen molar-refractivity contribution in [1.29, 1.82) is 5.26 Å². The summed E-state index contributed by atoms with van der Waals surface area (Å²) in [7, 11) is 0. The average molecular weight is 380 g/mol. The topological polar surface area (TPSA) is 85.2 Å². The SMILES string of the molecule is N#CN1CC[C@@H](NC(=O)[C@H](Cc2ccccc2)NC(=O)c2ccc(F)cc2)C1. The lowest BCUT2D eigenvalue weighted by Gasteiger charge is -2.21. The van der Waals surface area contributed by atoms with Crippen LogP contribution in [0.1, 0.15) is 22.3 Å². The highest BCUT2D eigenvalue weighted by molar-refractivity contribution is 5.97. The summed E-state index contributed by atoms with van der Waals surface area (Å²) in [6.45, 7) is 1.07. The Bertz CT molecular complexity index is 864. The van der Waals surface area contributed by atoms with E-state index in [1.54, 1.807) is 4.90 Å². The van der Waals surface area contributed by atoms with Crippen LogP contribution in [0.5, 0.6) is 0 Å². The fourth-order valence-electron chi connectivity index (χ4n) is 3.17. The summed E-state index contributed by atoms with van der Waals surface area (Å²) < 4.78 is 13.1. The van der Waals surface area contributed by atoms with Gasteiger partial charge in [-0.3, -0.25) is 9.59 Å². The van der Waals surface area contributed by atoms with Crippen LogP contribution in [0.2, 0.25) is 0 Å².